The molecule has 134 valence electrons. The molecule has 2 rings (SSSR count). The van der Waals surface area contributed by atoms with Crippen LogP contribution in [-0.2, 0) is 4.79 Å². The lowest BCUT2D eigenvalue weighted by Gasteiger charge is -2.25. The summed E-state index contributed by atoms with van der Waals surface area (Å²) in [5.74, 6) is 0.863. The molecule has 1 atom stereocenters. The molecule has 1 amide bonds. The van der Waals surface area contributed by atoms with Gasteiger partial charge in [0.15, 0.2) is 0 Å². The Morgan fingerprint density at radius 3 is 2.60 bits per heavy atom. The van der Waals surface area contributed by atoms with E-state index in [2.05, 4.69) is 10.2 Å². The van der Waals surface area contributed by atoms with Crippen molar-refractivity contribution in [2.75, 3.05) is 27.2 Å². The second kappa shape index (κ2) is 10.1. The minimum Gasteiger partial charge on any atom is -0.494 e. The predicted octanol–water partition coefficient (Wildman–Crippen LogP) is 3.92. The average Bonchev–Trinajstić information content (AvgIpc) is 2.59. The molecule has 0 saturated carbocycles. The van der Waals surface area contributed by atoms with Crippen molar-refractivity contribution < 1.29 is 9.53 Å². The van der Waals surface area contributed by atoms with Gasteiger partial charge in [-0.1, -0.05) is 41.9 Å². The van der Waals surface area contributed by atoms with Gasteiger partial charge >= 0.3 is 0 Å². The Labute approximate surface area is 154 Å². The van der Waals surface area contributed by atoms with E-state index in [4.69, 9.17) is 16.3 Å². The van der Waals surface area contributed by atoms with E-state index in [1.165, 1.54) is 0 Å². The van der Waals surface area contributed by atoms with Crippen LogP contribution in [0.2, 0.25) is 5.02 Å². The first-order valence-electron chi connectivity index (χ1n) is 8.42. The number of benzene rings is 2. The fraction of sp³-hybridized carbons (Fsp3) is 0.350. The maximum Gasteiger partial charge on any atom is 0.220 e. The number of amides is 1. The number of halogens is 1. The zero-order valence-electron chi connectivity index (χ0n) is 14.7. The van der Waals surface area contributed by atoms with E-state index in [9.17, 15) is 4.79 Å². The van der Waals surface area contributed by atoms with Gasteiger partial charge in [0.1, 0.15) is 5.75 Å². The maximum absolute atomic E-state index is 12.1. The molecule has 0 heterocycles. The largest absolute Gasteiger partial charge is 0.494 e. The van der Waals surface area contributed by atoms with Gasteiger partial charge in [-0.25, -0.2) is 0 Å². The summed E-state index contributed by atoms with van der Waals surface area (Å²) in [5, 5.41) is 3.70. The fourth-order valence-electron chi connectivity index (χ4n) is 2.55. The van der Waals surface area contributed by atoms with Crippen LogP contribution in [-0.4, -0.2) is 38.1 Å². The van der Waals surface area contributed by atoms with Crippen LogP contribution in [0, 0.1) is 0 Å². The molecule has 0 radical (unpaired) electrons. The molecule has 5 heteroatoms. The molecule has 1 N–H and O–H groups in total. The van der Waals surface area contributed by atoms with E-state index in [1.54, 1.807) is 0 Å². The summed E-state index contributed by atoms with van der Waals surface area (Å²) >= 11 is 6.07. The van der Waals surface area contributed by atoms with Gasteiger partial charge in [0, 0.05) is 18.0 Å². The van der Waals surface area contributed by atoms with Gasteiger partial charge in [-0.3, -0.25) is 4.79 Å². The summed E-state index contributed by atoms with van der Waals surface area (Å²) in [5.41, 5.74) is 1.09. The summed E-state index contributed by atoms with van der Waals surface area (Å²) in [7, 11) is 3.98. The number of hydrogen-bond donors (Lipinski definition) is 1. The Balaban J connectivity index is 1.73. The van der Waals surface area contributed by atoms with Gasteiger partial charge in [0.2, 0.25) is 5.91 Å². The maximum atomic E-state index is 12.1. The Morgan fingerprint density at radius 1 is 1.16 bits per heavy atom. The molecule has 0 aliphatic carbocycles. The molecular formula is C20H25ClN2O2. The van der Waals surface area contributed by atoms with Crippen LogP contribution >= 0.6 is 11.6 Å². The van der Waals surface area contributed by atoms with Gasteiger partial charge < -0.3 is 15.0 Å². The van der Waals surface area contributed by atoms with Crippen molar-refractivity contribution in [1.29, 1.82) is 0 Å². The molecule has 0 aromatic heterocycles. The molecule has 0 spiro atoms. The van der Waals surface area contributed by atoms with Crippen LogP contribution in [0.25, 0.3) is 0 Å². The first kappa shape index (κ1) is 19.3. The molecule has 0 saturated heterocycles. The highest BCUT2D eigenvalue weighted by molar-refractivity contribution is 6.30. The Hall–Kier alpha value is -2.04. The predicted molar refractivity (Wildman–Crippen MR) is 102 cm³/mol. The summed E-state index contributed by atoms with van der Waals surface area (Å²) in [6.07, 6.45) is 1.13. The average molecular weight is 361 g/mol. The van der Waals surface area contributed by atoms with Gasteiger partial charge in [-0.05, 0) is 50.3 Å². The second-order valence-electron chi connectivity index (χ2n) is 6.10. The molecule has 0 bridgehead atoms. The number of para-hydroxylation sites is 1. The van der Waals surface area contributed by atoms with E-state index in [1.807, 2.05) is 68.7 Å². The highest BCUT2D eigenvalue weighted by Gasteiger charge is 2.15. The Bertz CT molecular complexity index is 662. The number of likely N-dealkylation sites (N-methyl/N-ethyl adjacent to an activating group) is 1. The first-order chi connectivity index (χ1) is 12.1. The summed E-state index contributed by atoms with van der Waals surface area (Å²) in [4.78, 5) is 14.1. The molecular weight excluding hydrogens is 336 g/mol. The normalized spacial score (nSPS) is 12.0. The van der Waals surface area contributed by atoms with Gasteiger partial charge in [-0.2, -0.15) is 0 Å². The lowest BCUT2D eigenvalue weighted by atomic mass is 10.1. The van der Waals surface area contributed by atoms with Gasteiger partial charge in [-0.15, -0.1) is 0 Å². The number of carbonyl (C=O) groups excluding carboxylic acids is 1. The van der Waals surface area contributed by atoms with Crippen molar-refractivity contribution in [3.05, 3.63) is 65.2 Å². The van der Waals surface area contributed by atoms with Crippen molar-refractivity contribution in [3.8, 4) is 5.75 Å². The minimum absolute atomic E-state index is 0.0329. The van der Waals surface area contributed by atoms with Crippen molar-refractivity contribution in [2.24, 2.45) is 0 Å². The van der Waals surface area contributed by atoms with Crippen LogP contribution < -0.4 is 10.1 Å². The van der Waals surface area contributed by atoms with Gasteiger partial charge in [0.05, 0.1) is 12.6 Å². The standard InChI is InChI=1S/C20H25ClN2O2/c1-23(2)19(16-8-6-9-17(21)14-16)15-22-20(24)12-7-13-25-18-10-4-3-5-11-18/h3-6,8-11,14,19H,7,12-13,15H2,1-2H3,(H,22,24). The Kier molecular flexibility index (Phi) is 7.76. The molecule has 0 fully saturated rings. The monoisotopic (exact) mass is 360 g/mol. The molecule has 0 aliphatic heterocycles. The smallest absolute Gasteiger partial charge is 0.220 e. The van der Waals surface area contributed by atoms with Crippen molar-refractivity contribution in [2.45, 2.75) is 18.9 Å². The SMILES string of the molecule is CN(C)C(CNC(=O)CCCOc1ccccc1)c1cccc(Cl)c1. The number of nitrogens with zero attached hydrogens (tertiary/aromatic N) is 1. The highest BCUT2D eigenvalue weighted by Crippen LogP contribution is 2.21. The number of nitrogens with one attached hydrogen (secondary N) is 1. The summed E-state index contributed by atoms with van der Waals surface area (Å²) in [6, 6.07) is 17.4. The van der Waals surface area contributed by atoms with Crippen molar-refractivity contribution in [1.82, 2.24) is 10.2 Å². The molecule has 1 unspecified atom stereocenters. The van der Waals surface area contributed by atoms with Gasteiger partial charge in [0.25, 0.3) is 0 Å². The van der Waals surface area contributed by atoms with E-state index in [0.29, 0.717) is 31.0 Å². The van der Waals surface area contributed by atoms with Crippen LogP contribution in [0.4, 0.5) is 0 Å². The van der Waals surface area contributed by atoms with E-state index in [-0.39, 0.29) is 11.9 Å². The zero-order valence-corrected chi connectivity index (χ0v) is 15.5. The molecule has 4 nitrogen and oxygen atoms in total. The lowest BCUT2D eigenvalue weighted by molar-refractivity contribution is -0.121. The van der Waals surface area contributed by atoms with Crippen LogP contribution in [0.3, 0.4) is 0 Å². The van der Waals surface area contributed by atoms with Crippen molar-refractivity contribution in [3.63, 3.8) is 0 Å². The third-order valence-electron chi connectivity index (χ3n) is 3.91. The quantitative estimate of drug-likeness (QED) is 0.689. The van der Waals surface area contributed by atoms with E-state index >= 15 is 0 Å². The number of carbonyl (C=O) groups is 1. The summed E-state index contributed by atoms with van der Waals surface area (Å²) < 4.78 is 5.60. The Morgan fingerprint density at radius 2 is 1.92 bits per heavy atom. The number of rotatable bonds is 9. The molecule has 2 aromatic rings. The van der Waals surface area contributed by atoms with Crippen LogP contribution in [0.5, 0.6) is 5.75 Å². The first-order valence-corrected chi connectivity index (χ1v) is 8.80. The van der Waals surface area contributed by atoms with E-state index < -0.39 is 0 Å². The van der Waals surface area contributed by atoms with E-state index in [0.717, 1.165) is 11.3 Å². The highest BCUT2D eigenvalue weighted by atomic mass is 35.5. The summed E-state index contributed by atoms with van der Waals surface area (Å²) in [6.45, 7) is 1.08. The molecule has 25 heavy (non-hydrogen) atoms. The fourth-order valence-corrected chi connectivity index (χ4v) is 2.75. The molecule has 0 aliphatic rings. The third kappa shape index (κ3) is 6.77. The second-order valence-corrected chi connectivity index (χ2v) is 6.54. The third-order valence-corrected chi connectivity index (χ3v) is 4.14. The lowest BCUT2D eigenvalue weighted by Crippen LogP contribution is -2.34. The number of ether oxygens (including phenoxy) is 1. The van der Waals surface area contributed by atoms with Crippen LogP contribution in [0.1, 0.15) is 24.4 Å². The van der Waals surface area contributed by atoms with Crippen molar-refractivity contribution >= 4 is 17.5 Å². The minimum atomic E-state index is 0.0329. The zero-order chi connectivity index (χ0) is 18.1. The topological polar surface area (TPSA) is 41.6 Å². The van der Waals surface area contributed by atoms with Crippen LogP contribution in [0.15, 0.2) is 54.6 Å². The number of hydrogen-bond acceptors (Lipinski definition) is 3. The molecule has 2 aromatic carbocycles.